The number of rotatable bonds is 7. The fourth-order valence-electron chi connectivity index (χ4n) is 2.41. The molecule has 0 bridgehead atoms. The average molecular weight is 289 g/mol. The van der Waals surface area contributed by atoms with Crippen molar-refractivity contribution < 1.29 is 4.39 Å². The largest absolute Gasteiger partial charge is 0.316 e. The molecule has 1 aromatic heterocycles. The lowest BCUT2D eigenvalue weighted by molar-refractivity contribution is 0.517. The molecule has 1 heterocycles. The highest BCUT2D eigenvalue weighted by atomic mass is 19.1. The fourth-order valence-corrected chi connectivity index (χ4v) is 2.41. The van der Waals surface area contributed by atoms with Crippen molar-refractivity contribution in [3.63, 3.8) is 0 Å². The van der Waals surface area contributed by atoms with E-state index in [4.69, 9.17) is 0 Å². The molecule has 0 aliphatic carbocycles. The molecule has 21 heavy (non-hydrogen) atoms. The van der Waals surface area contributed by atoms with Gasteiger partial charge in [-0.2, -0.15) is 5.10 Å². The van der Waals surface area contributed by atoms with Gasteiger partial charge >= 0.3 is 0 Å². The second kappa shape index (κ2) is 7.36. The van der Waals surface area contributed by atoms with Crippen LogP contribution in [0, 0.1) is 5.82 Å². The standard InChI is InChI=1S/C17H24FN3/c1-4-19-12-15(14-6-5-7-16(18)10-14)11-17-8-9-21(20-17)13(2)3/h5-10,13,15,19H,4,11-12H2,1-3H3. The van der Waals surface area contributed by atoms with Gasteiger partial charge in [-0.25, -0.2) is 4.39 Å². The molecule has 1 unspecified atom stereocenters. The van der Waals surface area contributed by atoms with Crippen molar-refractivity contribution in [1.29, 1.82) is 0 Å². The third-order valence-electron chi connectivity index (χ3n) is 3.61. The van der Waals surface area contributed by atoms with E-state index in [1.165, 1.54) is 6.07 Å². The summed E-state index contributed by atoms with van der Waals surface area (Å²) >= 11 is 0. The van der Waals surface area contributed by atoms with Crippen LogP contribution in [0.3, 0.4) is 0 Å². The van der Waals surface area contributed by atoms with E-state index in [2.05, 4.69) is 37.3 Å². The molecule has 114 valence electrons. The van der Waals surface area contributed by atoms with Gasteiger partial charge in [-0.3, -0.25) is 4.68 Å². The molecule has 0 aliphatic rings. The van der Waals surface area contributed by atoms with Crippen LogP contribution in [-0.2, 0) is 6.42 Å². The Balaban J connectivity index is 2.15. The molecule has 4 heteroatoms. The molecular weight excluding hydrogens is 265 g/mol. The third kappa shape index (κ3) is 4.39. The van der Waals surface area contributed by atoms with Gasteiger partial charge in [0.15, 0.2) is 0 Å². The molecular formula is C17H24FN3. The van der Waals surface area contributed by atoms with E-state index < -0.39 is 0 Å². The highest BCUT2D eigenvalue weighted by Crippen LogP contribution is 2.21. The number of likely N-dealkylation sites (N-methyl/N-ethyl adjacent to an activating group) is 1. The summed E-state index contributed by atoms with van der Waals surface area (Å²) in [5.41, 5.74) is 2.07. The average Bonchev–Trinajstić information content (AvgIpc) is 2.92. The number of nitrogens with one attached hydrogen (secondary N) is 1. The Kier molecular flexibility index (Phi) is 5.51. The van der Waals surface area contributed by atoms with Gasteiger partial charge in [0.05, 0.1) is 5.69 Å². The number of hydrogen-bond donors (Lipinski definition) is 1. The molecule has 0 radical (unpaired) electrons. The maximum absolute atomic E-state index is 13.5. The fraction of sp³-hybridized carbons (Fsp3) is 0.471. The van der Waals surface area contributed by atoms with Gasteiger partial charge in [-0.05, 0) is 50.6 Å². The Labute approximate surface area is 126 Å². The first-order valence-corrected chi connectivity index (χ1v) is 7.60. The van der Waals surface area contributed by atoms with Gasteiger partial charge in [0.25, 0.3) is 0 Å². The summed E-state index contributed by atoms with van der Waals surface area (Å²) in [5.74, 6) is 0.0536. The Bertz CT molecular complexity index is 563. The molecule has 0 saturated heterocycles. The van der Waals surface area contributed by atoms with Gasteiger partial charge in [-0.1, -0.05) is 19.1 Å². The van der Waals surface area contributed by atoms with Gasteiger partial charge in [0.1, 0.15) is 5.82 Å². The lowest BCUT2D eigenvalue weighted by Crippen LogP contribution is -2.23. The predicted molar refractivity (Wildman–Crippen MR) is 84.0 cm³/mol. The zero-order valence-corrected chi connectivity index (χ0v) is 13.0. The smallest absolute Gasteiger partial charge is 0.123 e. The van der Waals surface area contributed by atoms with Crippen LogP contribution < -0.4 is 5.32 Å². The summed E-state index contributed by atoms with van der Waals surface area (Å²) in [5, 5.41) is 7.96. The number of hydrogen-bond acceptors (Lipinski definition) is 2. The van der Waals surface area contributed by atoms with Crippen molar-refractivity contribution in [3.8, 4) is 0 Å². The molecule has 0 spiro atoms. The number of nitrogens with zero attached hydrogens (tertiary/aromatic N) is 2. The van der Waals surface area contributed by atoms with Crippen LogP contribution in [0.2, 0.25) is 0 Å². The number of aromatic nitrogens is 2. The highest BCUT2D eigenvalue weighted by molar-refractivity contribution is 5.23. The van der Waals surface area contributed by atoms with Gasteiger partial charge < -0.3 is 5.32 Å². The second-order valence-electron chi connectivity index (χ2n) is 5.64. The van der Waals surface area contributed by atoms with E-state index in [0.29, 0.717) is 6.04 Å². The molecule has 2 aromatic rings. The van der Waals surface area contributed by atoms with Crippen molar-refractivity contribution in [3.05, 3.63) is 53.6 Å². The topological polar surface area (TPSA) is 29.9 Å². The van der Waals surface area contributed by atoms with E-state index in [1.54, 1.807) is 12.1 Å². The van der Waals surface area contributed by atoms with E-state index >= 15 is 0 Å². The van der Waals surface area contributed by atoms with Crippen LogP contribution in [0.1, 0.15) is 44.0 Å². The Morgan fingerprint density at radius 1 is 1.29 bits per heavy atom. The van der Waals surface area contributed by atoms with Crippen LogP contribution in [0.15, 0.2) is 36.5 Å². The maximum atomic E-state index is 13.5. The SMILES string of the molecule is CCNCC(Cc1ccn(C(C)C)n1)c1cccc(F)c1. The van der Waals surface area contributed by atoms with Crippen LogP contribution in [0.25, 0.3) is 0 Å². The summed E-state index contributed by atoms with van der Waals surface area (Å²) in [4.78, 5) is 0. The molecule has 0 aliphatic heterocycles. The Morgan fingerprint density at radius 2 is 2.10 bits per heavy atom. The summed E-state index contributed by atoms with van der Waals surface area (Å²) < 4.78 is 15.4. The normalized spacial score (nSPS) is 12.8. The lowest BCUT2D eigenvalue weighted by atomic mass is 9.94. The highest BCUT2D eigenvalue weighted by Gasteiger charge is 2.15. The second-order valence-corrected chi connectivity index (χ2v) is 5.64. The van der Waals surface area contributed by atoms with Crippen LogP contribution in [0.5, 0.6) is 0 Å². The minimum atomic E-state index is -0.179. The molecule has 0 amide bonds. The van der Waals surface area contributed by atoms with E-state index in [1.807, 2.05) is 16.9 Å². The summed E-state index contributed by atoms with van der Waals surface area (Å²) in [6, 6.07) is 9.29. The molecule has 1 aromatic carbocycles. The van der Waals surface area contributed by atoms with Crippen molar-refractivity contribution in [2.24, 2.45) is 0 Å². The maximum Gasteiger partial charge on any atom is 0.123 e. The van der Waals surface area contributed by atoms with E-state index in [9.17, 15) is 4.39 Å². The number of benzene rings is 1. The predicted octanol–water partition coefficient (Wildman–Crippen LogP) is 3.54. The molecule has 0 fully saturated rings. The monoisotopic (exact) mass is 289 g/mol. The summed E-state index contributed by atoms with van der Waals surface area (Å²) in [6.07, 6.45) is 2.83. The van der Waals surface area contributed by atoms with Crippen LogP contribution in [0.4, 0.5) is 4.39 Å². The third-order valence-corrected chi connectivity index (χ3v) is 3.61. The van der Waals surface area contributed by atoms with Gasteiger partial charge in [-0.15, -0.1) is 0 Å². The molecule has 2 rings (SSSR count). The molecule has 1 N–H and O–H groups in total. The van der Waals surface area contributed by atoms with Crippen molar-refractivity contribution in [1.82, 2.24) is 15.1 Å². The van der Waals surface area contributed by atoms with Gasteiger partial charge in [0, 0.05) is 24.7 Å². The first-order valence-electron chi connectivity index (χ1n) is 7.60. The quantitative estimate of drug-likeness (QED) is 0.845. The van der Waals surface area contributed by atoms with E-state index in [0.717, 1.165) is 30.8 Å². The van der Waals surface area contributed by atoms with Crippen LogP contribution in [-0.4, -0.2) is 22.9 Å². The molecule has 1 atom stereocenters. The number of halogens is 1. The Morgan fingerprint density at radius 3 is 2.71 bits per heavy atom. The zero-order chi connectivity index (χ0) is 15.2. The first kappa shape index (κ1) is 15.7. The summed E-state index contributed by atoms with van der Waals surface area (Å²) in [6.45, 7) is 8.04. The minimum absolute atomic E-state index is 0.179. The minimum Gasteiger partial charge on any atom is -0.316 e. The van der Waals surface area contributed by atoms with Crippen molar-refractivity contribution in [2.75, 3.05) is 13.1 Å². The van der Waals surface area contributed by atoms with Gasteiger partial charge in [0.2, 0.25) is 0 Å². The molecule has 0 saturated carbocycles. The lowest BCUT2D eigenvalue weighted by Gasteiger charge is -2.17. The zero-order valence-electron chi connectivity index (χ0n) is 13.0. The first-order chi connectivity index (χ1) is 10.1. The van der Waals surface area contributed by atoms with E-state index in [-0.39, 0.29) is 11.7 Å². The van der Waals surface area contributed by atoms with Crippen molar-refractivity contribution in [2.45, 2.75) is 39.2 Å². The summed E-state index contributed by atoms with van der Waals surface area (Å²) in [7, 11) is 0. The Hall–Kier alpha value is -1.68. The van der Waals surface area contributed by atoms with Crippen molar-refractivity contribution >= 4 is 0 Å². The van der Waals surface area contributed by atoms with Crippen LogP contribution >= 0.6 is 0 Å². The molecule has 3 nitrogen and oxygen atoms in total.